The number of carbonyl (C=O) groups excluding carboxylic acids is 2. The summed E-state index contributed by atoms with van der Waals surface area (Å²) >= 11 is 0. The summed E-state index contributed by atoms with van der Waals surface area (Å²) in [5.74, 6) is -0.0931. The third-order valence-electron chi connectivity index (χ3n) is 3.28. The summed E-state index contributed by atoms with van der Waals surface area (Å²) in [7, 11) is 0. The lowest BCUT2D eigenvalue weighted by atomic mass is 10.2. The Labute approximate surface area is 117 Å². The van der Waals surface area contributed by atoms with Gasteiger partial charge in [-0.3, -0.25) is 9.59 Å². The van der Waals surface area contributed by atoms with Gasteiger partial charge in [-0.25, -0.2) is 9.97 Å². The fourth-order valence-electron chi connectivity index (χ4n) is 2.19. The van der Waals surface area contributed by atoms with Crippen molar-refractivity contribution in [3.8, 4) is 0 Å². The molecule has 1 aliphatic rings. The molecular formula is C13H19N5O2. The zero-order valence-corrected chi connectivity index (χ0v) is 11.3. The van der Waals surface area contributed by atoms with Crippen molar-refractivity contribution in [2.75, 3.05) is 25.4 Å². The summed E-state index contributed by atoms with van der Waals surface area (Å²) in [6.07, 6.45) is 6.52. The number of nitrogens with two attached hydrogens (primary N) is 1. The molecule has 3 N–H and O–H groups in total. The van der Waals surface area contributed by atoms with Crippen molar-refractivity contribution in [1.82, 2.24) is 20.2 Å². The summed E-state index contributed by atoms with van der Waals surface area (Å²) in [6.45, 7) is 1.67. The van der Waals surface area contributed by atoms with E-state index in [2.05, 4.69) is 15.3 Å². The average Bonchev–Trinajstić information content (AvgIpc) is 2.64. The molecule has 0 unspecified atom stereocenters. The maximum Gasteiger partial charge on any atom is 0.273 e. The molecule has 0 atom stereocenters. The zero-order valence-electron chi connectivity index (χ0n) is 11.3. The first-order valence-electron chi connectivity index (χ1n) is 6.81. The monoisotopic (exact) mass is 277 g/mol. The number of carbonyl (C=O) groups is 2. The number of likely N-dealkylation sites (tertiary alicyclic amines) is 1. The fourth-order valence-corrected chi connectivity index (χ4v) is 2.19. The van der Waals surface area contributed by atoms with Crippen LogP contribution in [0.1, 0.15) is 36.2 Å². The van der Waals surface area contributed by atoms with Crippen LogP contribution in [0.5, 0.6) is 0 Å². The molecule has 1 saturated heterocycles. The number of aromatic nitrogens is 2. The number of anilines is 1. The lowest BCUT2D eigenvalue weighted by Gasteiger charge is -2.20. The van der Waals surface area contributed by atoms with Crippen molar-refractivity contribution >= 4 is 17.6 Å². The highest BCUT2D eigenvalue weighted by molar-refractivity contribution is 5.96. The Bertz CT molecular complexity index is 491. The lowest BCUT2D eigenvalue weighted by molar-refractivity contribution is -0.130. The summed E-state index contributed by atoms with van der Waals surface area (Å²) in [5, 5.41) is 2.71. The molecule has 7 nitrogen and oxygen atoms in total. The van der Waals surface area contributed by atoms with Crippen LogP contribution in [0.2, 0.25) is 0 Å². The van der Waals surface area contributed by atoms with Gasteiger partial charge in [-0.1, -0.05) is 6.42 Å². The van der Waals surface area contributed by atoms with Gasteiger partial charge in [0.1, 0.15) is 0 Å². The normalized spacial score (nSPS) is 15.8. The Balaban J connectivity index is 1.82. The molecule has 0 aromatic carbocycles. The SMILES string of the molecule is Nc1nccnc1C(=O)NCCN1CCCCCC1=O. The van der Waals surface area contributed by atoms with Gasteiger partial charge in [0, 0.05) is 38.4 Å². The third kappa shape index (κ3) is 3.66. The molecule has 0 spiro atoms. The molecular weight excluding hydrogens is 258 g/mol. The van der Waals surface area contributed by atoms with Crippen molar-refractivity contribution in [1.29, 1.82) is 0 Å². The van der Waals surface area contributed by atoms with Crippen molar-refractivity contribution in [2.24, 2.45) is 0 Å². The predicted molar refractivity (Wildman–Crippen MR) is 73.8 cm³/mol. The first-order chi connectivity index (χ1) is 9.68. The van der Waals surface area contributed by atoms with E-state index in [0.29, 0.717) is 19.5 Å². The molecule has 1 aliphatic heterocycles. The van der Waals surface area contributed by atoms with Gasteiger partial charge < -0.3 is 16.0 Å². The Morgan fingerprint density at radius 1 is 1.30 bits per heavy atom. The van der Waals surface area contributed by atoms with Crippen LogP contribution in [-0.4, -0.2) is 46.3 Å². The van der Waals surface area contributed by atoms with Crippen LogP contribution in [0.25, 0.3) is 0 Å². The number of nitrogens with one attached hydrogen (secondary N) is 1. The number of nitrogens with zero attached hydrogens (tertiary/aromatic N) is 3. The second-order valence-electron chi connectivity index (χ2n) is 4.74. The number of nitrogen functional groups attached to an aromatic ring is 1. The molecule has 20 heavy (non-hydrogen) atoms. The first kappa shape index (κ1) is 14.2. The summed E-state index contributed by atoms with van der Waals surface area (Å²) < 4.78 is 0. The lowest BCUT2D eigenvalue weighted by Crippen LogP contribution is -2.38. The topological polar surface area (TPSA) is 101 Å². The second kappa shape index (κ2) is 6.83. The van der Waals surface area contributed by atoms with E-state index in [-0.39, 0.29) is 23.3 Å². The molecule has 0 saturated carbocycles. The van der Waals surface area contributed by atoms with Crippen LogP contribution in [0, 0.1) is 0 Å². The standard InChI is InChI=1S/C13H19N5O2/c14-12-11(15-5-6-16-12)13(20)17-7-9-18-8-3-1-2-4-10(18)19/h5-6H,1-4,7-9H2,(H2,14,16)(H,17,20). The number of amides is 2. The molecule has 1 fully saturated rings. The van der Waals surface area contributed by atoms with Gasteiger partial charge in [-0.05, 0) is 12.8 Å². The quantitative estimate of drug-likeness (QED) is 0.818. The molecule has 2 amide bonds. The van der Waals surface area contributed by atoms with Crippen LogP contribution < -0.4 is 11.1 Å². The smallest absolute Gasteiger partial charge is 0.273 e. The summed E-state index contributed by atoms with van der Waals surface area (Å²) in [4.78, 5) is 33.1. The maximum atomic E-state index is 11.9. The van der Waals surface area contributed by atoms with E-state index in [1.54, 1.807) is 4.90 Å². The molecule has 1 aromatic rings. The van der Waals surface area contributed by atoms with Gasteiger partial charge in [-0.15, -0.1) is 0 Å². The minimum Gasteiger partial charge on any atom is -0.382 e. The Kier molecular flexibility index (Phi) is 4.86. The van der Waals surface area contributed by atoms with E-state index in [9.17, 15) is 9.59 Å². The van der Waals surface area contributed by atoms with E-state index in [0.717, 1.165) is 25.8 Å². The van der Waals surface area contributed by atoms with E-state index < -0.39 is 0 Å². The summed E-state index contributed by atoms with van der Waals surface area (Å²) in [6, 6.07) is 0. The fraction of sp³-hybridized carbons (Fsp3) is 0.538. The van der Waals surface area contributed by atoms with Crippen LogP contribution in [0.4, 0.5) is 5.82 Å². The average molecular weight is 277 g/mol. The molecule has 1 aromatic heterocycles. The minimum atomic E-state index is -0.363. The third-order valence-corrected chi connectivity index (χ3v) is 3.28. The van der Waals surface area contributed by atoms with Crippen molar-refractivity contribution in [3.05, 3.63) is 18.1 Å². The highest BCUT2D eigenvalue weighted by atomic mass is 16.2. The molecule has 7 heteroatoms. The predicted octanol–water partition coefficient (Wildman–Crippen LogP) is 0.191. The highest BCUT2D eigenvalue weighted by Crippen LogP contribution is 2.10. The highest BCUT2D eigenvalue weighted by Gasteiger charge is 2.17. The zero-order chi connectivity index (χ0) is 14.4. The maximum absolute atomic E-state index is 11.9. The van der Waals surface area contributed by atoms with Crippen LogP contribution in [0.3, 0.4) is 0 Å². The van der Waals surface area contributed by atoms with Gasteiger partial charge in [0.2, 0.25) is 5.91 Å². The molecule has 108 valence electrons. The van der Waals surface area contributed by atoms with Crippen molar-refractivity contribution < 1.29 is 9.59 Å². The number of rotatable bonds is 4. The summed E-state index contributed by atoms with van der Waals surface area (Å²) in [5.41, 5.74) is 5.70. The van der Waals surface area contributed by atoms with Crippen LogP contribution in [0.15, 0.2) is 12.4 Å². The van der Waals surface area contributed by atoms with E-state index in [1.165, 1.54) is 12.4 Å². The van der Waals surface area contributed by atoms with Gasteiger partial charge in [0.05, 0.1) is 0 Å². The Morgan fingerprint density at radius 3 is 2.90 bits per heavy atom. The molecule has 2 heterocycles. The van der Waals surface area contributed by atoms with Gasteiger partial charge in [0.15, 0.2) is 11.5 Å². The van der Waals surface area contributed by atoms with E-state index >= 15 is 0 Å². The largest absolute Gasteiger partial charge is 0.382 e. The van der Waals surface area contributed by atoms with Crippen molar-refractivity contribution in [3.63, 3.8) is 0 Å². The van der Waals surface area contributed by atoms with E-state index in [1.807, 2.05) is 0 Å². The first-order valence-corrected chi connectivity index (χ1v) is 6.81. The van der Waals surface area contributed by atoms with Gasteiger partial charge in [0.25, 0.3) is 5.91 Å². The second-order valence-corrected chi connectivity index (χ2v) is 4.74. The molecule has 0 bridgehead atoms. The minimum absolute atomic E-state index is 0.107. The van der Waals surface area contributed by atoms with E-state index in [4.69, 9.17) is 5.73 Å². The van der Waals surface area contributed by atoms with Gasteiger partial charge >= 0.3 is 0 Å². The van der Waals surface area contributed by atoms with Gasteiger partial charge in [-0.2, -0.15) is 0 Å². The molecule has 0 aliphatic carbocycles. The number of hydrogen-bond donors (Lipinski definition) is 2. The number of hydrogen-bond acceptors (Lipinski definition) is 5. The Morgan fingerprint density at radius 2 is 2.10 bits per heavy atom. The Hall–Kier alpha value is -2.18. The molecule has 2 rings (SSSR count). The molecule has 0 radical (unpaired) electrons. The van der Waals surface area contributed by atoms with Crippen LogP contribution >= 0.6 is 0 Å². The van der Waals surface area contributed by atoms with Crippen LogP contribution in [-0.2, 0) is 4.79 Å². The van der Waals surface area contributed by atoms with Crippen molar-refractivity contribution in [2.45, 2.75) is 25.7 Å².